The number of alkyl halides is 2. The van der Waals surface area contributed by atoms with Gasteiger partial charge in [0.2, 0.25) is 0 Å². The third-order valence-corrected chi connectivity index (χ3v) is 3.18. The highest BCUT2D eigenvalue weighted by Gasteiger charge is 2.27. The van der Waals surface area contributed by atoms with Crippen LogP contribution in [0.15, 0.2) is 11.1 Å². The third kappa shape index (κ3) is 4.47. The predicted molar refractivity (Wildman–Crippen MR) is 66.2 cm³/mol. The van der Waals surface area contributed by atoms with E-state index in [1.807, 2.05) is 4.90 Å². The first-order valence-corrected chi connectivity index (χ1v) is 6.40. The molecule has 0 bridgehead atoms. The zero-order valence-corrected chi connectivity index (χ0v) is 11.2. The summed E-state index contributed by atoms with van der Waals surface area (Å²) in [5, 5.41) is 0. The molecule has 0 aromatic rings. The lowest BCUT2D eigenvalue weighted by Crippen LogP contribution is -2.54. The van der Waals surface area contributed by atoms with E-state index in [2.05, 4.69) is 34.3 Å². The van der Waals surface area contributed by atoms with Crippen LogP contribution in [-0.2, 0) is 0 Å². The molecular formula is C11H19BrF2N2. The average molecular weight is 297 g/mol. The third-order valence-electron chi connectivity index (χ3n) is 2.93. The van der Waals surface area contributed by atoms with Crippen LogP contribution in [0.25, 0.3) is 0 Å². The summed E-state index contributed by atoms with van der Waals surface area (Å²) in [6.07, 6.45) is -1.32. The summed E-state index contributed by atoms with van der Waals surface area (Å²) in [5.74, 6) is 0. The van der Waals surface area contributed by atoms with Gasteiger partial charge in [0.25, 0.3) is 6.43 Å². The van der Waals surface area contributed by atoms with Gasteiger partial charge in [-0.2, -0.15) is 0 Å². The van der Waals surface area contributed by atoms with E-state index in [1.165, 1.54) is 0 Å². The Morgan fingerprint density at radius 3 is 2.69 bits per heavy atom. The summed E-state index contributed by atoms with van der Waals surface area (Å²) < 4.78 is 25.7. The molecule has 0 aromatic carbocycles. The van der Waals surface area contributed by atoms with Crippen molar-refractivity contribution in [1.82, 2.24) is 9.80 Å². The van der Waals surface area contributed by atoms with Gasteiger partial charge >= 0.3 is 0 Å². The van der Waals surface area contributed by atoms with Crippen LogP contribution in [-0.4, -0.2) is 55.0 Å². The molecule has 1 saturated heterocycles. The summed E-state index contributed by atoms with van der Waals surface area (Å²) in [7, 11) is 0. The first-order chi connectivity index (χ1) is 7.52. The summed E-state index contributed by atoms with van der Waals surface area (Å²) >= 11 is 3.34. The van der Waals surface area contributed by atoms with Crippen LogP contribution < -0.4 is 0 Å². The van der Waals surface area contributed by atoms with Crippen molar-refractivity contribution in [3.8, 4) is 0 Å². The molecule has 0 amide bonds. The molecule has 16 heavy (non-hydrogen) atoms. The van der Waals surface area contributed by atoms with E-state index < -0.39 is 6.43 Å². The molecule has 0 N–H and O–H groups in total. The van der Waals surface area contributed by atoms with Crippen molar-refractivity contribution in [3.05, 3.63) is 11.1 Å². The lowest BCUT2D eigenvalue weighted by molar-refractivity contribution is 0.0223. The maximum Gasteiger partial charge on any atom is 0.251 e. The SMILES string of the molecule is C=C(Br)CN1CCN(CC(F)F)[C@@H](CC)C1. The van der Waals surface area contributed by atoms with Crippen LogP contribution >= 0.6 is 15.9 Å². The van der Waals surface area contributed by atoms with Gasteiger partial charge in [0.15, 0.2) is 0 Å². The number of piperazine rings is 1. The molecule has 0 unspecified atom stereocenters. The van der Waals surface area contributed by atoms with Crippen molar-refractivity contribution >= 4 is 15.9 Å². The predicted octanol–water partition coefficient (Wildman–Crippen LogP) is 2.56. The number of hydrogen-bond donors (Lipinski definition) is 0. The van der Waals surface area contributed by atoms with E-state index >= 15 is 0 Å². The molecule has 5 heteroatoms. The molecule has 1 aliphatic rings. The number of halogens is 3. The maximum absolute atomic E-state index is 12.4. The fourth-order valence-electron chi connectivity index (χ4n) is 2.15. The lowest BCUT2D eigenvalue weighted by Gasteiger charge is -2.41. The van der Waals surface area contributed by atoms with Crippen LogP contribution in [0.3, 0.4) is 0 Å². The number of hydrogen-bond acceptors (Lipinski definition) is 2. The van der Waals surface area contributed by atoms with Crippen molar-refractivity contribution in [1.29, 1.82) is 0 Å². The number of nitrogens with zero attached hydrogens (tertiary/aromatic N) is 2. The molecular weight excluding hydrogens is 278 g/mol. The minimum absolute atomic E-state index is 0.0956. The lowest BCUT2D eigenvalue weighted by atomic mass is 10.1. The smallest absolute Gasteiger partial charge is 0.251 e. The van der Waals surface area contributed by atoms with E-state index in [4.69, 9.17) is 0 Å². The van der Waals surface area contributed by atoms with Crippen molar-refractivity contribution in [2.45, 2.75) is 25.8 Å². The molecule has 0 radical (unpaired) electrons. The summed E-state index contributed by atoms with van der Waals surface area (Å²) in [6, 6.07) is 0.245. The highest BCUT2D eigenvalue weighted by Crippen LogP contribution is 2.16. The second-order valence-corrected chi connectivity index (χ2v) is 5.32. The fourth-order valence-corrected chi connectivity index (χ4v) is 2.50. The minimum Gasteiger partial charge on any atom is -0.296 e. The van der Waals surface area contributed by atoms with Gasteiger partial charge in [0.1, 0.15) is 0 Å². The fraction of sp³-hybridized carbons (Fsp3) is 0.818. The molecule has 94 valence electrons. The van der Waals surface area contributed by atoms with Crippen molar-refractivity contribution < 1.29 is 8.78 Å². The summed E-state index contributed by atoms with van der Waals surface area (Å²) in [5.41, 5.74) is 0. The van der Waals surface area contributed by atoms with Gasteiger partial charge in [-0.15, -0.1) is 0 Å². The van der Waals surface area contributed by atoms with E-state index in [-0.39, 0.29) is 12.6 Å². The molecule has 0 aliphatic carbocycles. The van der Waals surface area contributed by atoms with Crippen LogP contribution in [0.1, 0.15) is 13.3 Å². The molecule has 0 saturated carbocycles. The van der Waals surface area contributed by atoms with E-state index in [1.54, 1.807) is 0 Å². The van der Waals surface area contributed by atoms with Crippen molar-refractivity contribution in [3.63, 3.8) is 0 Å². The maximum atomic E-state index is 12.4. The Labute approximate surface area is 104 Å². The number of rotatable bonds is 5. The Kier molecular flexibility index (Phi) is 5.86. The standard InChI is InChI=1S/C11H19BrF2N2/c1-3-10-7-15(6-9(2)12)4-5-16(10)8-11(13)14/h10-11H,2-8H2,1H3/t10-/m0/s1. The van der Waals surface area contributed by atoms with E-state index in [0.717, 1.165) is 37.1 Å². The Hall–Kier alpha value is -0.0000000000000000555. The monoisotopic (exact) mass is 296 g/mol. The van der Waals surface area contributed by atoms with E-state index in [9.17, 15) is 8.78 Å². The van der Waals surface area contributed by atoms with Gasteiger partial charge in [0.05, 0.1) is 6.54 Å². The Morgan fingerprint density at radius 2 is 2.19 bits per heavy atom. The first kappa shape index (κ1) is 14.1. The van der Waals surface area contributed by atoms with Crippen LogP contribution in [0.2, 0.25) is 0 Å². The topological polar surface area (TPSA) is 6.48 Å². The summed E-state index contributed by atoms with van der Waals surface area (Å²) in [4.78, 5) is 4.16. The van der Waals surface area contributed by atoms with Gasteiger partial charge in [0, 0.05) is 36.7 Å². The second kappa shape index (κ2) is 6.67. The molecule has 1 atom stereocenters. The molecule has 1 rings (SSSR count). The molecule has 1 aliphatic heterocycles. The molecule has 0 aromatic heterocycles. The van der Waals surface area contributed by atoms with Crippen LogP contribution in [0.4, 0.5) is 8.78 Å². The largest absolute Gasteiger partial charge is 0.296 e. The van der Waals surface area contributed by atoms with Gasteiger partial charge in [-0.1, -0.05) is 29.4 Å². The van der Waals surface area contributed by atoms with Gasteiger partial charge in [-0.05, 0) is 6.42 Å². The van der Waals surface area contributed by atoms with Crippen molar-refractivity contribution in [2.75, 3.05) is 32.7 Å². The zero-order valence-electron chi connectivity index (χ0n) is 9.63. The van der Waals surface area contributed by atoms with E-state index in [0.29, 0.717) is 0 Å². The minimum atomic E-state index is -2.23. The highest BCUT2D eigenvalue weighted by atomic mass is 79.9. The zero-order chi connectivity index (χ0) is 12.1. The molecule has 0 spiro atoms. The summed E-state index contributed by atoms with van der Waals surface area (Å²) in [6.45, 7) is 8.99. The molecule has 1 fully saturated rings. The average Bonchev–Trinajstić information content (AvgIpc) is 2.18. The Morgan fingerprint density at radius 1 is 1.50 bits per heavy atom. The molecule has 1 heterocycles. The first-order valence-electron chi connectivity index (χ1n) is 5.60. The van der Waals surface area contributed by atoms with Gasteiger partial charge in [-0.25, -0.2) is 8.78 Å². The van der Waals surface area contributed by atoms with Gasteiger partial charge < -0.3 is 0 Å². The van der Waals surface area contributed by atoms with Crippen molar-refractivity contribution in [2.24, 2.45) is 0 Å². The van der Waals surface area contributed by atoms with Crippen LogP contribution in [0.5, 0.6) is 0 Å². The van der Waals surface area contributed by atoms with Gasteiger partial charge in [-0.3, -0.25) is 9.80 Å². The quantitative estimate of drug-likeness (QED) is 0.769. The molecule has 2 nitrogen and oxygen atoms in total. The normalized spacial score (nSPS) is 23.9. The Bertz CT molecular complexity index is 236. The Balaban J connectivity index is 2.46. The van der Waals surface area contributed by atoms with Crippen LogP contribution in [0, 0.1) is 0 Å². The highest BCUT2D eigenvalue weighted by molar-refractivity contribution is 9.11. The second-order valence-electron chi connectivity index (χ2n) is 4.20.